The summed E-state index contributed by atoms with van der Waals surface area (Å²) in [4.78, 5) is 11.8. The second kappa shape index (κ2) is 7.38. The van der Waals surface area contributed by atoms with Crippen molar-refractivity contribution in [3.05, 3.63) is 29.3 Å². The van der Waals surface area contributed by atoms with Crippen molar-refractivity contribution in [3.8, 4) is 0 Å². The Morgan fingerprint density at radius 2 is 2.12 bits per heavy atom. The summed E-state index contributed by atoms with van der Waals surface area (Å²) in [6.07, 6.45) is 3.16. The number of unbranched alkanes of at least 4 members (excludes halogenated alkanes) is 1. The minimum Gasteiger partial charge on any atom is -0.316 e. The number of rotatable bonds is 5. The van der Waals surface area contributed by atoms with E-state index in [0.29, 0.717) is 0 Å². The van der Waals surface area contributed by atoms with Crippen LogP contribution in [0.5, 0.6) is 0 Å². The fraction of sp³-hybridized carbons (Fsp3) is 0.500. The molecule has 0 radical (unpaired) electrons. The lowest BCUT2D eigenvalue weighted by Gasteiger charge is -2.12. The van der Waals surface area contributed by atoms with Crippen LogP contribution in [0.15, 0.2) is 18.2 Å². The number of para-hydroxylation sites is 1. The van der Waals surface area contributed by atoms with Gasteiger partial charge in [-0.15, -0.1) is 0 Å². The molecule has 1 N–H and O–H groups in total. The van der Waals surface area contributed by atoms with Crippen LogP contribution >= 0.6 is 11.8 Å². The molecule has 94 valence electrons. The normalized spacial score (nSPS) is 10.3. The smallest absolute Gasteiger partial charge is 0.283 e. The molecule has 0 bridgehead atoms. The molecule has 0 aliphatic carbocycles. The highest BCUT2D eigenvalue weighted by Crippen LogP contribution is 2.22. The Balaban J connectivity index is 2.64. The largest absolute Gasteiger partial charge is 0.316 e. The molecule has 0 aliphatic heterocycles. The van der Waals surface area contributed by atoms with E-state index in [-0.39, 0.29) is 5.24 Å². The number of aryl methyl sites for hydroxylation is 2. The van der Waals surface area contributed by atoms with Crippen molar-refractivity contribution < 1.29 is 4.79 Å². The van der Waals surface area contributed by atoms with Gasteiger partial charge in [-0.05, 0) is 30.9 Å². The predicted octanol–water partition coefficient (Wildman–Crippen LogP) is 4.62. The quantitative estimate of drug-likeness (QED) is 0.773. The van der Waals surface area contributed by atoms with E-state index in [2.05, 4.69) is 25.2 Å². The van der Waals surface area contributed by atoms with Crippen molar-refractivity contribution in [1.82, 2.24) is 0 Å². The molecule has 1 amide bonds. The van der Waals surface area contributed by atoms with Gasteiger partial charge in [-0.3, -0.25) is 4.79 Å². The zero-order valence-electron chi connectivity index (χ0n) is 10.9. The summed E-state index contributed by atoms with van der Waals surface area (Å²) >= 11 is 1.37. The number of hydrogen-bond acceptors (Lipinski definition) is 2. The molecule has 1 rings (SSSR count). The Morgan fingerprint density at radius 1 is 1.35 bits per heavy atom. The van der Waals surface area contributed by atoms with Crippen LogP contribution in [-0.4, -0.2) is 11.0 Å². The topological polar surface area (TPSA) is 29.1 Å². The van der Waals surface area contributed by atoms with E-state index in [1.165, 1.54) is 17.3 Å². The standard InChI is InChI=1S/C14H21NOS/c1-4-6-10-17-14(16)15-13-11(3)8-7-9-12(13)5-2/h7-9H,4-6,10H2,1-3H3,(H,15,16). The molecular formula is C14H21NOS. The van der Waals surface area contributed by atoms with Crippen LogP contribution in [0.1, 0.15) is 37.8 Å². The molecule has 1 aromatic rings. The lowest BCUT2D eigenvalue weighted by Crippen LogP contribution is -2.09. The summed E-state index contributed by atoms with van der Waals surface area (Å²) in [5.74, 6) is 0.898. The number of hydrogen-bond donors (Lipinski definition) is 1. The number of amides is 1. The summed E-state index contributed by atoms with van der Waals surface area (Å²) in [5.41, 5.74) is 3.33. The summed E-state index contributed by atoms with van der Waals surface area (Å²) in [6.45, 7) is 6.27. The van der Waals surface area contributed by atoms with Crippen LogP contribution in [0.25, 0.3) is 0 Å². The van der Waals surface area contributed by atoms with Crippen LogP contribution in [-0.2, 0) is 6.42 Å². The summed E-state index contributed by atoms with van der Waals surface area (Å²) in [5, 5.41) is 3.07. The van der Waals surface area contributed by atoms with E-state index in [0.717, 1.165) is 36.3 Å². The first kappa shape index (κ1) is 14.1. The summed E-state index contributed by atoms with van der Waals surface area (Å²) in [6, 6.07) is 6.14. The van der Waals surface area contributed by atoms with E-state index in [9.17, 15) is 4.79 Å². The van der Waals surface area contributed by atoms with Crippen molar-refractivity contribution in [1.29, 1.82) is 0 Å². The van der Waals surface area contributed by atoms with Gasteiger partial charge in [0, 0.05) is 11.4 Å². The van der Waals surface area contributed by atoms with Gasteiger partial charge in [-0.25, -0.2) is 0 Å². The number of benzene rings is 1. The van der Waals surface area contributed by atoms with E-state index in [1.54, 1.807) is 0 Å². The van der Waals surface area contributed by atoms with E-state index in [1.807, 2.05) is 19.1 Å². The maximum Gasteiger partial charge on any atom is 0.283 e. The van der Waals surface area contributed by atoms with Crippen LogP contribution in [0, 0.1) is 6.92 Å². The van der Waals surface area contributed by atoms with Crippen molar-refractivity contribution >= 4 is 22.7 Å². The molecular weight excluding hydrogens is 230 g/mol. The van der Waals surface area contributed by atoms with Crippen molar-refractivity contribution in [2.45, 2.75) is 40.0 Å². The molecule has 0 aliphatic rings. The maximum absolute atomic E-state index is 11.8. The molecule has 0 aromatic heterocycles. The van der Waals surface area contributed by atoms with Gasteiger partial charge >= 0.3 is 0 Å². The summed E-state index contributed by atoms with van der Waals surface area (Å²) in [7, 11) is 0. The minimum atomic E-state index is 0.0578. The summed E-state index contributed by atoms with van der Waals surface area (Å²) < 4.78 is 0. The van der Waals surface area contributed by atoms with Gasteiger partial charge in [0.05, 0.1) is 0 Å². The van der Waals surface area contributed by atoms with Crippen LogP contribution in [0.4, 0.5) is 10.5 Å². The first-order chi connectivity index (χ1) is 8.19. The molecule has 0 atom stereocenters. The fourth-order valence-electron chi connectivity index (χ4n) is 1.65. The highest BCUT2D eigenvalue weighted by atomic mass is 32.2. The van der Waals surface area contributed by atoms with Gasteiger partial charge in [-0.1, -0.05) is 50.2 Å². The highest BCUT2D eigenvalue weighted by molar-refractivity contribution is 8.13. The predicted molar refractivity (Wildman–Crippen MR) is 76.9 cm³/mol. The third-order valence-electron chi connectivity index (χ3n) is 2.70. The van der Waals surface area contributed by atoms with Crippen LogP contribution < -0.4 is 5.32 Å². The lowest BCUT2D eigenvalue weighted by molar-refractivity contribution is 0.269. The van der Waals surface area contributed by atoms with Gasteiger partial charge in [-0.2, -0.15) is 0 Å². The zero-order valence-corrected chi connectivity index (χ0v) is 11.7. The average Bonchev–Trinajstić information content (AvgIpc) is 2.32. The fourth-order valence-corrected chi connectivity index (χ4v) is 2.44. The van der Waals surface area contributed by atoms with Gasteiger partial charge in [0.25, 0.3) is 5.24 Å². The Labute approximate surface area is 108 Å². The molecule has 0 saturated heterocycles. The molecule has 0 unspecified atom stereocenters. The monoisotopic (exact) mass is 251 g/mol. The number of carbonyl (C=O) groups excluding carboxylic acids is 1. The third-order valence-corrected chi connectivity index (χ3v) is 3.56. The Morgan fingerprint density at radius 3 is 2.76 bits per heavy atom. The van der Waals surface area contributed by atoms with Crippen molar-refractivity contribution in [2.24, 2.45) is 0 Å². The van der Waals surface area contributed by atoms with Gasteiger partial charge < -0.3 is 5.32 Å². The third kappa shape index (κ3) is 4.43. The Bertz CT molecular complexity index is 376. The van der Waals surface area contributed by atoms with E-state index >= 15 is 0 Å². The lowest BCUT2D eigenvalue weighted by atomic mass is 10.1. The molecule has 0 spiro atoms. The van der Waals surface area contributed by atoms with Crippen LogP contribution in [0.3, 0.4) is 0 Å². The van der Waals surface area contributed by atoms with E-state index in [4.69, 9.17) is 0 Å². The number of nitrogens with one attached hydrogen (secondary N) is 1. The van der Waals surface area contributed by atoms with Gasteiger partial charge in [0.1, 0.15) is 0 Å². The van der Waals surface area contributed by atoms with E-state index < -0.39 is 0 Å². The second-order valence-corrected chi connectivity index (χ2v) is 5.14. The average molecular weight is 251 g/mol. The number of anilines is 1. The Hall–Kier alpha value is -0.960. The minimum absolute atomic E-state index is 0.0578. The SMILES string of the molecule is CCCCSC(=O)Nc1c(C)cccc1CC. The molecule has 0 fully saturated rings. The molecule has 1 aromatic carbocycles. The Kier molecular flexibility index (Phi) is 6.12. The first-order valence-electron chi connectivity index (χ1n) is 6.21. The molecule has 0 heterocycles. The van der Waals surface area contributed by atoms with Crippen molar-refractivity contribution in [3.63, 3.8) is 0 Å². The number of carbonyl (C=O) groups is 1. The zero-order chi connectivity index (χ0) is 12.7. The molecule has 17 heavy (non-hydrogen) atoms. The van der Waals surface area contributed by atoms with Crippen molar-refractivity contribution in [2.75, 3.05) is 11.1 Å². The first-order valence-corrected chi connectivity index (χ1v) is 7.19. The van der Waals surface area contributed by atoms with Gasteiger partial charge in [0.2, 0.25) is 0 Å². The highest BCUT2D eigenvalue weighted by Gasteiger charge is 2.08. The maximum atomic E-state index is 11.8. The molecule has 3 heteroatoms. The van der Waals surface area contributed by atoms with Crippen LogP contribution in [0.2, 0.25) is 0 Å². The van der Waals surface area contributed by atoms with Gasteiger partial charge in [0.15, 0.2) is 0 Å². The second-order valence-electron chi connectivity index (χ2n) is 4.08. The molecule has 0 saturated carbocycles. The number of thioether (sulfide) groups is 1. The molecule has 2 nitrogen and oxygen atoms in total.